The number of aromatic carboxylic acids is 1. The molecule has 0 aliphatic rings. The van der Waals surface area contributed by atoms with E-state index in [1.54, 1.807) is 6.07 Å². The lowest BCUT2D eigenvalue weighted by atomic mass is 10.0. The van der Waals surface area contributed by atoms with Gasteiger partial charge in [0.15, 0.2) is 0 Å². The average Bonchev–Trinajstić information content (AvgIpc) is 2.81. The Balaban J connectivity index is 0.000000311. The van der Waals surface area contributed by atoms with E-state index in [4.69, 9.17) is 25.1 Å². The number of esters is 1. The van der Waals surface area contributed by atoms with Crippen LogP contribution in [0.1, 0.15) is 56.8 Å². The van der Waals surface area contributed by atoms with E-state index in [1.807, 2.05) is 26.0 Å². The van der Waals surface area contributed by atoms with Gasteiger partial charge in [-0.15, -0.1) is 0 Å². The number of aryl methyl sites for hydroxylation is 2. The van der Waals surface area contributed by atoms with E-state index in [2.05, 4.69) is 4.74 Å². The summed E-state index contributed by atoms with van der Waals surface area (Å²) < 4.78 is 14.8. The molecule has 0 unspecified atom stereocenters. The summed E-state index contributed by atoms with van der Waals surface area (Å²) in [5.74, 6) is -0.500. The van der Waals surface area contributed by atoms with Crippen molar-refractivity contribution in [2.24, 2.45) is 0 Å². The third kappa shape index (κ3) is 5.97. The van der Waals surface area contributed by atoms with Crippen molar-refractivity contribution in [2.75, 3.05) is 21.3 Å². The Morgan fingerprint density at radius 2 is 1.26 bits per heavy atom. The zero-order valence-corrected chi connectivity index (χ0v) is 18.1. The summed E-state index contributed by atoms with van der Waals surface area (Å²) in [6.45, 7) is 3.81. The van der Waals surface area contributed by atoms with Gasteiger partial charge in [0.25, 0.3) is 0 Å². The van der Waals surface area contributed by atoms with Gasteiger partial charge in [-0.1, -0.05) is 13.8 Å². The summed E-state index contributed by atoms with van der Waals surface area (Å²) in [6.07, 6.45) is 1.31. The van der Waals surface area contributed by atoms with Gasteiger partial charge in [-0.2, -0.15) is 10.5 Å². The molecule has 2 aromatic rings. The minimum atomic E-state index is -1.04. The highest BCUT2D eigenvalue weighted by Gasteiger charge is 2.15. The average molecular weight is 424 g/mol. The first-order chi connectivity index (χ1) is 14.8. The summed E-state index contributed by atoms with van der Waals surface area (Å²) in [7, 11) is 4.28. The molecule has 0 aliphatic heterocycles. The SMILES string of the molecule is CCc1cc(C(=O)O)cc(C#N)c1OC.CCc1cc(C(=O)OC)cc(C#N)c1OC. The van der Waals surface area contributed by atoms with E-state index in [0.29, 0.717) is 35.5 Å². The number of carboxylic acids is 1. The van der Waals surface area contributed by atoms with E-state index in [1.165, 1.54) is 39.5 Å². The van der Waals surface area contributed by atoms with Crippen LogP contribution in [-0.2, 0) is 17.6 Å². The number of ether oxygens (including phenoxy) is 3. The van der Waals surface area contributed by atoms with Crippen LogP contribution < -0.4 is 9.47 Å². The van der Waals surface area contributed by atoms with Crippen LogP contribution in [0.3, 0.4) is 0 Å². The van der Waals surface area contributed by atoms with Crippen molar-refractivity contribution in [3.05, 3.63) is 57.6 Å². The summed E-state index contributed by atoms with van der Waals surface area (Å²) >= 11 is 0. The first-order valence-electron chi connectivity index (χ1n) is 9.35. The zero-order valence-electron chi connectivity index (χ0n) is 18.1. The molecule has 8 nitrogen and oxygen atoms in total. The second-order valence-corrected chi connectivity index (χ2v) is 6.16. The van der Waals surface area contributed by atoms with Gasteiger partial charge in [-0.05, 0) is 48.2 Å². The number of carboxylic acid groups (broad SMARTS) is 1. The minimum Gasteiger partial charge on any atom is -0.495 e. The lowest BCUT2D eigenvalue weighted by Gasteiger charge is -2.10. The number of nitriles is 2. The van der Waals surface area contributed by atoms with E-state index in [0.717, 1.165) is 11.1 Å². The molecule has 0 radical (unpaired) electrons. The normalized spacial score (nSPS) is 9.39. The Hall–Kier alpha value is -4.04. The molecular formula is C23H24N2O6. The van der Waals surface area contributed by atoms with Crippen LogP contribution in [-0.4, -0.2) is 38.4 Å². The molecule has 0 saturated carbocycles. The number of rotatable bonds is 6. The number of hydrogen-bond acceptors (Lipinski definition) is 7. The zero-order chi connectivity index (χ0) is 23.6. The fourth-order valence-electron chi connectivity index (χ4n) is 2.91. The van der Waals surface area contributed by atoms with Gasteiger partial charge < -0.3 is 19.3 Å². The highest BCUT2D eigenvalue weighted by molar-refractivity contribution is 5.90. The molecule has 162 valence electrons. The number of nitrogens with zero attached hydrogens (tertiary/aromatic N) is 2. The summed E-state index contributed by atoms with van der Waals surface area (Å²) in [4.78, 5) is 22.2. The highest BCUT2D eigenvalue weighted by Crippen LogP contribution is 2.27. The molecule has 2 rings (SSSR count). The van der Waals surface area contributed by atoms with Gasteiger partial charge in [-0.25, -0.2) is 9.59 Å². The maximum absolute atomic E-state index is 11.4. The lowest BCUT2D eigenvalue weighted by molar-refractivity contribution is 0.0599. The van der Waals surface area contributed by atoms with Crippen molar-refractivity contribution in [3.63, 3.8) is 0 Å². The van der Waals surface area contributed by atoms with E-state index in [9.17, 15) is 9.59 Å². The highest BCUT2D eigenvalue weighted by atomic mass is 16.5. The van der Waals surface area contributed by atoms with Crippen molar-refractivity contribution >= 4 is 11.9 Å². The number of carbonyl (C=O) groups is 2. The van der Waals surface area contributed by atoms with E-state index >= 15 is 0 Å². The van der Waals surface area contributed by atoms with Gasteiger partial charge in [-0.3, -0.25) is 0 Å². The van der Waals surface area contributed by atoms with Gasteiger partial charge in [0.05, 0.1) is 43.6 Å². The Morgan fingerprint density at radius 3 is 1.58 bits per heavy atom. The fraction of sp³-hybridized carbons (Fsp3) is 0.304. The predicted octanol–water partition coefficient (Wildman–Crippen LogP) is 3.74. The molecule has 0 spiro atoms. The molecule has 0 saturated heterocycles. The van der Waals surface area contributed by atoms with Crippen molar-refractivity contribution in [1.82, 2.24) is 0 Å². The number of carbonyl (C=O) groups excluding carboxylic acids is 1. The third-order valence-electron chi connectivity index (χ3n) is 4.41. The largest absolute Gasteiger partial charge is 0.495 e. The number of methoxy groups -OCH3 is 3. The maximum atomic E-state index is 11.4. The van der Waals surface area contributed by atoms with Crippen LogP contribution in [0.15, 0.2) is 24.3 Å². The second-order valence-electron chi connectivity index (χ2n) is 6.16. The smallest absolute Gasteiger partial charge is 0.337 e. The Bertz CT molecular complexity index is 1050. The van der Waals surface area contributed by atoms with Gasteiger partial charge in [0, 0.05) is 0 Å². The fourth-order valence-corrected chi connectivity index (χ4v) is 2.91. The predicted molar refractivity (Wildman–Crippen MR) is 112 cm³/mol. The van der Waals surface area contributed by atoms with Crippen molar-refractivity contribution < 1.29 is 28.9 Å². The molecule has 0 bridgehead atoms. The standard InChI is InChI=1S/C12H13NO3.C11H11NO3/c1-4-8-5-9(12(14)16-3)6-10(7-13)11(8)15-2;1-3-7-4-8(11(13)14)5-9(6-12)10(7)15-2/h5-6H,4H2,1-3H3;4-5H,3H2,1-2H3,(H,13,14). The van der Waals surface area contributed by atoms with Crippen LogP contribution in [0.5, 0.6) is 11.5 Å². The van der Waals surface area contributed by atoms with Crippen molar-refractivity contribution in [2.45, 2.75) is 26.7 Å². The summed E-state index contributed by atoms with van der Waals surface area (Å²) in [5.41, 5.74) is 2.65. The number of benzene rings is 2. The van der Waals surface area contributed by atoms with Gasteiger partial charge >= 0.3 is 11.9 Å². The lowest BCUT2D eigenvalue weighted by Crippen LogP contribution is -2.04. The molecule has 0 aliphatic carbocycles. The molecule has 0 heterocycles. The molecule has 1 N–H and O–H groups in total. The molecule has 0 fully saturated rings. The Labute approximate surface area is 181 Å². The van der Waals surface area contributed by atoms with Crippen LogP contribution in [0.25, 0.3) is 0 Å². The van der Waals surface area contributed by atoms with E-state index in [-0.39, 0.29) is 11.1 Å². The number of hydrogen-bond donors (Lipinski definition) is 1. The van der Waals surface area contributed by atoms with Gasteiger partial charge in [0.2, 0.25) is 0 Å². The molecular weight excluding hydrogens is 400 g/mol. The second kappa shape index (κ2) is 11.8. The first-order valence-corrected chi connectivity index (χ1v) is 9.35. The van der Waals surface area contributed by atoms with Crippen LogP contribution in [0.2, 0.25) is 0 Å². The Morgan fingerprint density at radius 1 is 0.839 bits per heavy atom. The monoisotopic (exact) mass is 424 g/mol. The third-order valence-corrected chi connectivity index (χ3v) is 4.41. The molecule has 0 amide bonds. The van der Waals surface area contributed by atoms with Crippen molar-refractivity contribution in [3.8, 4) is 23.6 Å². The van der Waals surface area contributed by atoms with Gasteiger partial charge in [0.1, 0.15) is 23.6 Å². The van der Waals surface area contributed by atoms with Crippen LogP contribution in [0.4, 0.5) is 0 Å². The minimum absolute atomic E-state index is 0.115. The van der Waals surface area contributed by atoms with E-state index < -0.39 is 11.9 Å². The van der Waals surface area contributed by atoms with Crippen LogP contribution in [0, 0.1) is 22.7 Å². The van der Waals surface area contributed by atoms with Crippen LogP contribution >= 0.6 is 0 Å². The quantitative estimate of drug-likeness (QED) is 0.694. The topological polar surface area (TPSA) is 130 Å². The van der Waals surface area contributed by atoms with Crippen molar-refractivity contribution in [1.29, 1.82) is 10.5 Å². The Kier molecular flexibility index (Phi) is 9.55. The maximum Gasteiger partial charge on any atom is 0.337 e. The molecule has 8 heteroatoms. The summed E-state index contributed by atoms with van der Waals surface area (Å²) in [5, 5.41) is 26.7. The molecule has 0 aromatic heterocycles. The molecule has 0 atom stereocenters. The summed E-state index contributed by atoms with van der Waals surface area (Å²) in [6, 6.07) is 9.95. The first kappa shape index (κ1) is 25.0. The molecule has 2 aromatic carbocycles. The molecule has 31 heavy (non-hydrogen) atoms.